The fourth-order valence-electron chi connectivity index (χ4n) is 3.75. The molecule has 1 aromatic carbocycles. The molecule has 0 saturated carbocycles. The predicted octanol–water partition coefficient (Wildman–Crippen LogP) is 1.47. The molecule has 1 aliphatic rings. The smallest absolute Gasteiger partial charge is 0.255 e. The summed E-state index contributed by atoms with van der Waals surface area (Å²) in [7, 11) is 0. The second-order valence-electron chi connectivity index (χ2n) is 7.71. The van der Waals surface area contributed by atoms with E-state index < -0.39 is 0 Å². The molecule has 3 heterocycles. The molecule has 3 N–H and O–H groups in total. The van der Waals surface area contributed by atoms with Crippen LogP contribution in [0.2, 0.25) is 0 Å². The van der Waals surface area contributed by atoms with Gasteiger partial charge in [-0.2, -0.15) is 0 Å². The van der Waals surface area contributed by atoms with Crippen LogP contribution in [0.25, 0.3) is 11.0 Å². The minimum Gasteiger partial charge on any atom is -0.378 e. The van der Waals surface area contributed by atoms with Gasteiger partial charge in [-0.15, -0.1) is 0 Å². The van der Waals surface area contributed by atoms with Crippen molar-refractivity contribution in [1.82, 2.24) is 25.3 Å². The molecule has 31 heavy (non-hydrogen) atoms. The zero-order chi connectivity index (χ0) is 21.6. The molecule has 0 aliphatic carbocycles. The van der Waals surface area contributed by atoms with Gasteiger partial charge in [0.05, 0.1) is 24.2 Å². The van der Waals surface area contributed by atoms with Crippen molar-refractivity contribution < 1.29 is 9.53 Å². The van der Waals surface area contributed by atoms with Gasteiger partial charge >= 0.3 is 0 Å². The zero-order valence-corrected chi connectivity index (χ0v) is 17.7. The minimum absolute atomic E-state index is 0.0688. The molecule has 9 heteroatoms. The number of anilines is 1. The number of aryl methyl sites for hydroxylation is 2. The number of H-pyrrole nitrogens is 2. The monoisotopic (exact) mass is 424 g/mol. The normalized spacial score (nSPS) is 14.2. The summed E-state index contributed by atoms with van der Waals surface area (Å²) in [6.45, 7) is 5.05. The average molecular weight is 425 g/mol. The Morgan fingerprint density at radius 3 is 2.74 bits per heavy atom. The summed E-state index contributed by atoms with van der Waals surface area (Å²) in [5.41, 5.74) is 3.04. The molecule has 164 valence electrons. The van der Waals surface area contributed by atoms with E-state index in [-0.39, 0.29) is 17.9 Å². The van der Waals surface area contributed by atoms with Gasteiger partial charge in [0.1, 0.15) is 5.82 Å². The number of carbonyl (C=O) groups is 1. The summed E-state index contributed by atoms with van der Waals surface area (Å²) in [5.74, 6) is 1.43. The standard InChI is InChI=1S/C22H28N6O3/c1-15-16(21(30)27-22(24-15)28-11-13-31-14-12-28)8-9-20(29)23-10-4-7-19-25-17-5-2-3-6-18(17)26-19/h2-3,5-6H,4,7-14H2,1H3,(H,23,29)(H,25,26)(H,24,27,30). The van der Waals surface area contributed by atoms with Crippen molar-refractivity contribution in [1.29, 1.82) is 0 Å². The first kappa shape index (κ1) is 21.0. The third kappa shape index (κ3) is 5.29. The molecule has 1 amide bonds. The molecule has 9 nitrogen and oxygen atoms in total. The summed E-state index contributed by atoms with van der Waals surface area (Å²) < 4.78 is 5.34. The van der Waals surface area contributed by atoms with E-state index in [2.05, 4.69) is 25.3 Å². The van der Waals surface area contributed by atoms with Crippen LogP contribution in [0.4, 0.5) is 5.95 Å². The van der Waals surface area contributed by atoms with Crippen molar-refractivity contribution in [3.63, 3.8) is 0 Å². The molecule has 0 spiro atoms. The molecule has 0 radical (unpaired) electrons. The van der Waals surface area contributed by atoms with Gasteiger partial charge in [-0.3, -0.25) is 14.6 Å². The predicted molar refractivity (Wildman–Crippen MR) is 118 cm³/mol. The van der Waals surface area contributed by atoms with Gasteiger partial charge in [-0.05, 0) is 31.9 Å². The number of hydrogen-bond acceptors (Lipinski definition) is 6. The highest BCUT2D eigenvalue weighted by molar-refractivity contribution is 5.76. The Kier molecular flexibility index (Phi) is 6.61. The molecule has 1 aliphatic heterocycles. The zero-order valence-electron chi connectivity index (χ0n) is 17.7. The lowest BCUT2D eigenvalue weighted by atomic mass is 10.1. The number of amides is 1. The lowest BCUT2D eigenvalue weighted by Gasteiger charge is -2.27. The Balaban J connectivity index is 1.23. The van der Waals surface area contributed by atoms with E-state index in [1.165, 1.54) is 0 Å². The highest BCUT2D eigenvalue weighted by Gasteiger charge is 2.16. The summed E-state index contributed by atoms with van der Waals surface area (Å²) in [4.78, 5) is 42.0. The number of ether oxygens (including phenoxy) is 1. The number of rotatable bonds is 8. The molecular formula is C22H28N6O3. The van der Waals surface area contributed by atoms with Gasteiger partial charge < -0.3 is 19.9 Å². The largest absolute Gasteiger partial charge is 0.378 e. The number of carbonyl (C=O) groups excluding carboxylic acids is 1. The van der Waals surface area contributed by atoms with E-state index in [1.807, 2.05) is 36.1 Å². The molecule has 1 saturated heterocycles. The first-order valence-corrected chi connectivity index (χ1v) is 10.7. The van der Waals surface area contributed by atoms with Gasteiger partial charge in [-0.25, -0.2) is 9.97 Å². The number of aromatic amines is 2. The highest BCUT2D eigenvalue weighted by Crippen LogP contribution is 2.12. The number of nitrogens with zero attached hydrogens (tertiary/aromatic N) is 3. The third-order valence-electron chi connectivity index (χ3n) is 5.47. The lowest BCUT2D eigenvalue weighted by Crippen LogP contribution is -2.38. The van der Waals surface area contributed by atoms with Gasteiger partial charge in [-0.1, -0.05) is 12.1 Å². The first-order valence-electron chi connectivity index (χ1n) is 10.7. The van der Waals surface area contributed by atoms with Crippen molar-refractivity contribution in [3.05, 3.63) is 51.7 Å². The van der Waals surface area contributed by atoms with E-state index in [9.17, 15) is 9.59 Å². The number of hydrogen-bond donors (Lipinski definition) is 3. The van der Waals surface area contributed by atoms with Crippen LogP contribution in [-0.2, 0) is 22.4 Å². The van der Waals surface area contributed by atoms with Gasteiger partial charge in [0, 0.05) is 43.7 Å². The fourth-order valence-corrected chi connectivity index (χ4v) is 3.75. The van der Waals surface area contributed by atoms with Crippen LogP contribution in [0.1, 0.15) is 29.9 Å². The van der Waals surface area contributed by atoms with Crippen LogP contribution >= 0.6 is 0 Å². The molecule has 3 aromatic rings. The fraction of sp³-hybridized carbons (Fsp3) is 0.455. The first-order chi connectivity index (χ1) is 15.1. The molecule has 0 atom stereocenters. The van der Waals surface area contributed by atoms with Crippen LogP contribution in [0, 0.1) is 6.92 Å². The van der Waals surface area contributed by atoms with E-state index in [0.29, 0.717) is 56.5 Å². The van der Waals surface area contributed by atoms with E-state index in [1.54, 1.807) is 0 Å². The van der Waals surface area contributed by atoms with Crippen molar-refractivity contribution in [2.75, 3.05) is 37.7 Å². The second-order valence-corrected chi connectivity index (χ2v) is 7.71. The summed E-state index contributed by atoms with van der Waals surface area (Å²) in [5, 5.41) is 2.92. The Hall–Kier alpha value is -3.20. The number of aromatic nitrogens is 4. The quantitative estimate of drug-likeness (QED) is 0.472. The van der Waals surface area contributed by atoms with Crippen molar-refractivity contribution in [2.45, 2.75) is 32.6 Å². The maximum atomic E-state index is 12.5. The van der Waals surface area contributed by atoms with Crippen LogP contribution in [0.3, 0.4) is 0 Å². The number of para-hydroxylation sites is 2. The van der Waals surface area contributed by atoms with Crippen LogP contribution < -0.4 is 15.8 Å². The van der Waals surface area contributed by atoms with Crippen molar-refractivity contribution >= 4 is 22.9 Å². The summed E-state index contributed by atoms with van der Waals surface area (Å²) >= 11 is 0. The molecule has 0 bridgehead atoms. The van der Waals surface area contributed by atoms with E-state index in [4.69, 9.17) is 4.74 Å². The van der Waals surface area contributed by atoms with Crippen molar-refractivity contribution in [3.8, 4) is 0 Å². The maximum Gasteiger partial charge on any atom is 0.255 e. The van der Waals surface area contributed by atoms with Gasteiger partial charge in [0.25, 0.3) is 5.56 Å². The average Bonchev–Trinajstić information content (AvgIpc) is 3.19. The number of fused-ring (bicyclic) bond motifs is 1. The van der Waals surface area contributed by atoms with Crippen LogP contribution in [0.15, 0.2) is 29.1 Å². The topological polar surface area (TPSA) is 116 Å². The third-order valence-corrected chi connectivity index (χ3v) is 5.47. The Bertz CT molecular complexity index is 1070. The number of morpholine rings is 1. The van der Waals surface area contributed by atoms with Gasteiger partial charge in [0.15, 0.2) is 0 Å². The minimum atomic E-state index is -0.174. The van der Waals surface area contributed by atoms with E-state index in [0.717, 1.165) is 29.7 Å². The number of imidazole rings is 1. The highest BCUT2D eigenvalue weighted by atomic mass is 16.5. The Morgan fingerprint density at radius 1 is 1.16 bits per heavy atom. The van der Waals surface area contributed by atoms with E-state index >= 15 is 0 Å². The summed E-state index contributed by atoms with van der Waals surface area (Å²) in [6.07, 6.45) is 2.18. The number of benzene rings is 1. The molecule has 2 aromatic heterocycles. The van der Waals surface area contributed by atoms with Crippen LogP contribution in [-0.4, -0.2) is 58.7 Å². The Labute approximate surface area is 180 Å². The van der Waals surface area contributed by atoms with Gasteiger partial charge in [0.2, 0.25) is 11.9 Å². The molecular weight excluding hydrogens is 396 g/mol. The van der Waals surface area contributed by atoms with Crippen molar-refractivity contribution in [2.24, 2.45) is 0 Å². The summed E-state index contributed by atoms with van der Waals surface area (Å²) in [6, 6.07) is 7.91. The van der Waals surface area contributed by atoms with Crippen LogP contribution in [0.5, 0.6) is 0 Å². The maximum absolute atomic E-state index is 12.5. The molecule has 1 fully saturated rings. The SMILES string of the molecule is Cc1nc(N2CCOCC2)[nH]c(=O)c1CCC(=O)NCCCc1nc2ccccc2[nH]1. The lowest BCUT2D eigenvalue weighted by molar-refractivity contribution is -0.121. The number of nitrogens with one attached hydrogen (secondary N) is 3. The Morgan fingerprint density at radius 2 is 1.97 bits per heavy atom. The molecule has 4 rings (SSSR count). The molecule has 0 unspecified atom stereocenters. The second kappa shape index (κ2) is 9.74.